The van der Waals surface area contributed by atoms with Crippen molar-refractivity contribution in [2.75, 3.05) is 33.5 Å². The van der Waals surface area contributed by atoms with E-state index >= 15 is 0 Å². The lowest BCUT2D eigenvalue weighted by molar-refractivity contribution is -0.00422. The van der Waals surface area contributed by atoms with Gasteiger partial charge in [0.1, 0.15) is 18.5 Å². The summed E-state index contributed by atoms with van der Waals surface area (Å²) in [5.41, 5.74) is 2.16. The average molecular weight is 297 g/mol. The lowest BCUT2D eigenvalue weighted by Crippen LogP contribution is -2.24. The Balaban J connectivity index is 2.56. The molecule has 118 valence electrons. The Bertz CT molecular complexity index is 461. The topological polar surface area (TPSA) is 80.5 Å². The van der Waals surface area contributed by atoms with Gasteiger partial charge in [0, 0.05) is 12.7 Å². The third-order valence-corrected chi connectivity index (χ3v) is 2.85. The summed E-state index contributed by atoms with van der Waals surface area (Å²) in [5.74, 6) is 0.571. The molecule has 0 spiro atoms. The normalized spacial score (nSPS) is 13.2. The number of oxime groups is 1. The molecule has 0 saturated heterocycles. The molecule has 0 amide bonds. The third kappa shape index (κ3) is 6.12. The van der Waals surface area contributed by atoms with E-state index in [9.17, 15) is 5.11 Å². The van der Waals surface area contributed by atoms with Crippen molar-refractivity contribution < 1.29 is 24.5 Å². The highest BCUT2D eigenvalue weighted by atomic mass is 16.5. The van der Waals surface area contributed by atoms with E-state index < -0.39 is 6.10 Å². The summed E-state index contributed by atoms with van der Waals surface area (Å²) >= 11 is 0. The molecular weight excluding hydrogens is 274 g/mol. The number of benzene rings is 1. The number of nitrogens with zero attached hydrogens (tertiary/aromatic N) is 1. The van der Waals surface area contributed by atoms with Gasteiger partial charge >= 0.3 is 0 Å². The van der Waals surface area contributed by atoms with Gasteiger partial charge in [-0.25, -0.2) is 0 Å². The molecule has 6 heteroatoms. The molecule has 0 fully saturated rings. The number of ether oxygens (including phenoxy) is 3. The molecule has 1 rings (SSSR count). The fourth-order valence-electron chi connectivity index (χ4n) is 1.70. The van der Waals surface area contributed by atoms with Crippen molar-refractivity contribution in [3.05, 3.63) is 29.3 Å². The Morgan fingerprint density at radius 1 is 1.29 bits per heavy atom. The molecule has 0 aromatic heterocycles. The molecule has 0 aliphatic rings. The Morgan fingerprint density at radius 3 is 2.71 bits per heavy atom. The summed E-state index contributed by atoms with van der Waals surface area (Å²) in [6.07, 6.45) is -0.735. The molecule has 6 nitrogen and oxygen atoms in total. The highest BCUT2D eigenvalue weighted by Crippen LogP contribution is 2.21. The van der Waals surface area contributed by atoms with Gasteiger partial charge in [-0.1, -0.05) is 11.2 Å². The Labute approximate surface area is 124 Å². The number of hydrogen-bond donors (Lipinski definition) is 2. The summed E-state index contributed by atoms with van der Waals surface area (Å²) < 4.78 is 15.7. The Hall–Kier alpha value is -1.63. The monoisotopic (exact) mass is 297 g/mol. The first kappa shape index (κ1) is 17.4. The van der Waals surface area contributed by atoms with Crippen LogP contribution in [-0.4, -0.2) is 55.7 Å². The molecule has 1 unspecified atom stereocenters. The van der Waals surface area contributed by atoms with Crippen LogP contribution in [0.3, 0.4) is 0 Å². The van der Waals surface area contributed by atoms with Crippen LogP contribution >= 0.6 is 0 Å². The van der Waals surface area contributed by atoms with Crippen LogP contribution in [0.1, 0.15) is 18.1 Å². The van der Waals surface area contributed by atoms with Gasteiger partial charge in [0.05, 0.1) is 25.5 Å². The Kier molecular flexibility index (Phi) is 7.74. The number of methoxy groups -OCH3 is 1. The van der Waals surface area contributed by atoms with Crippen LogP contribution in [-0.2, 0) is 9.47 Å². The molecule has 0 saturated carbocycles. The maximum Gasteiger partial charge on any atom is 0.128 e. The zero-order chi connectivity index (χ0) is 15.7. The van der Waals surface area contributed by atoms with Crippen LogP contribution in [0, 0.1) is 6.92 Å². The highest BCUT2D eigenvalue weighted by molar-refractivity contribution is 6.00. The molecule has 1 aromatic rings. The fraction of sp³-hybridized carbons (Fsp3) is 0.533. The molecule has 0 aliphatic heterocycles. The fourth-order valence-corrected chi connectivity index (χ4v) is 1.70. The van der Waals surface area contributed by atoms with E-state index in [1.165, 1.54) is 0 Å². The molecule has 0 radical (unpaired) electrons. The third-order valence-electron chi connectivity index (χ3n) is 2.85. The van der Waals surface area contributed by atoms with Gasteiger partial charge in [0.15, 0.2) is 0 Å². The van der Waals surface area contributed by atoms with Crippen LogP contribution in [0.5, 0.6) is 5.75 Å². The van der Waals surface area contributed by atoms with E-state index in [-0.39, 0.29) is 13.2 Å². The minimum atomic E-state index is -0.735. The zero-order valence-electron chi connectivity index (χ0n) is 12.7. The summed E-state index contributed by atoms with van der Waals surface area (Å²) in [6, 6.07) is 5.56. The van der Waals surface area contributed by atoms with E-state index in [1.54, 1.807) is 14.0 Å². The lowest BCUT2D eigenvalue weighted by atomic mass is 10.1. The largest absolute Gasteiger partial charge is 0.490 e. The van der Waals surface area contributed by atoms with E-state index in [1.807, 2.05) is 25.1 Å². The van der Waals surface area contributed by atoms with Crippen molar-refractivity contribution >= 4 is 5.71 Å². The molecular formula is C15H23NO5. The molecule has 0 aliphatic carbocycles. The second kappa shape index (κ2) is 9.33. The number of aliphatic hydroxyl groups is 1. The van der Waals surface area contributed by atoms with E-state index in [0.717, 1.165) is 5.56 Å². The lowest BCUT2D eigenvalue weighted by Gasteiger charge is -2.15. The van der Waals surface area contributed by atoms with Gasteiger partial charge in [-0.15, -0.1) is 0 Å². The molecule has 2 N–H and O–H groups in total. The second-order valence-corrected chi connectivity index (χ2v) is 4.72. The first-order valence-corrected chi connectivity index (χ1v) is 6.75. The molecule has 0 bridgehead atoms. The van der Waals surface area contributed by atoms with Crippen molar-refractivity contribution in [3.63, 3.8) is 0 Å². The maximum absolute atomic E-state index is 9.80. The van der Waals surface area contributed by atoms with Crippen LogP contribution in [0.4, 0.5) is 0 Å². The molecule has 21 heavy (non-hydrogen) atoms. The van der Waals surface area contributed by atoms with Gasteiger partial charge in [0.2, 0.25) is 0 Å². The van der Waals surface area contributed by atoms with E-state index in [2.05, 4.69) is 5.16 Å². The van der Waals surface area contributed by atoms with Crippen molar-refractivity contribution in [1.29, 1.82) is 0 Å². The van der Waals surface area contributed by atoms with Gasteiger partial charge in [0.25, 0.3) is 0 Å². The van der Waals surface area contributed by atoms with Crippen LogP contribution in [0.15, 0.2) is 23.4 Å². The SMILES string of the molecule is COCCOCC(O)COc1cc(C)ccc1/C(C)=N/O. The predicted molar refractivity (Wildman–Crippen MR) is 79.4 cm³/mol. The maximum atomic E-state index is 9.80. The average Bonchev–Trinajstić information content (AvgIpc) is 2.49. The minimum Gasteiger partial charge on any atom is -0.490 e. The van der Waals surface area contributed by atoms with E-state index in [0.29, 0.717) is 30.2 Å². The number of hydrogen-bond acceptors (Lipinski definition) is 6. The number of rotatable bonds is 9. The summed E-state index contributed by atoms with van der Waals surface area (Å²) in [6.45, 7) is 4.81. The second-order valence-electron chi connectivity index (χ2n) is 4.72. The smallest absolute Gasteiger partial charge is 0.128 e. The van der Waals surface area contributed by atoms with Crippen molar-refractivity contribution in [3.8, 4) is 5.75 Å². The number of aliphatic hydroxyl groups excluding tert-OH is 1. The van der Waals surface area contributed by atoms with Crippen molar-refractivity contribution in [2.24, 2.45) is 5.16 Å². The summed E-state index contributed by atoms with van der Waals surface area (Å²) in [7, 11) is 1.59. The van der Waals surface area contributed by atoms with Gasteiger partial charge < -0.3 is 24.5 Å². The number of aryl methyl sites for hydroxylation is 1. The Morgan fingerprint density at radius 2 is 2.05 bits per heavy atom. The summed E-state index contributed by atoms with van der Waals surface area (Å²) in [4.78, 5) is 0. The first-order valence-electron chi connectivity index (χ1n) is 6.75. The van der Waals surface area contributed by atoms with Gasteiger partial charge in [-0.2, -0.15) is 0 Å². The van der Waals surface area contributed by atoms with Crippen LogP contribution in [0.25, 0.3) is 0 Å². The van der Waals surface area contributed by atoms with Crippen LogP contribution in [0.2, 0.25) is 0 Å². The standard InChI is InChI=1S/C15H23NO5/c1-11-4-5-14(12(2)16-18)15(8-11)21-10-13(17)9-20-7-6-19-3/h4-5,8,13,17-18H,6-7,9-10H2,1-3H3/b16-12+. The van der Waals surface area contributed by atoms with E-state index in [4.69, 9.17) is 19.4 Å². The zero-order valence-corrected chi connectivity index (χ0v) is 12.7. The van der Waals surface area contributed by atoms with Crippen molar-refractivity contribution in [1.82, 2.24) is 0 Å². The molecule has 1 aromatic carbocycles. The van der Waals surface area contributed by atoms with Gasteiger partial charge in [-0.05, 0) is 31.5 Å². The summed E-state index contributed by atoms with van der Waals surface area (Å²) in [5, 5.41) is 21.9. The molecule has 1 atom stereocenters. The van der Waals surface area contributed by atoms with Crippen molar-refractivity contribution in [2.45, 2.75) is 20.0 Å². The molecule has 0 heterocycles. The minimum absolute atomic E-state index is 0.0993. The quantitative estimate of drug-likeness (QED) is 0.313. The first-order chi connectivity index (χ1) is 10.1. The highest BCUT2D eigenvalue weighted by Gasteiger charge is 2.11. The van der Waals surface area contributed by atoms with Gasteiger partial charge in [-0.3, -0.25) is 0 Å². The predicted octanol–water partition coefficient (Wildman–Crippen LogP) is 1.60. The van der Waals surface area contributed by atoms with Crippen LogP contribution < -0.4 is 4.74 Å².